The highest BCUT2D eigenvalue weighted by Gasteiger charge is 2.66. The number of aliphatic hydroxyl groups is 1. The number of hydrogen-bond acceptors (Lipinski definition) is 6. The van der Waals surface area contributed by atoms with E-state index in [4.69, 9.17) is 14.2 Å². The second-order valence-electron chi connectivity index (χ2n) is 14.6. The van der Waals surface area contributed by atoms with Gasteiger partial charge in [-0.3, -0.25) is 9.59 Å². The molecule has 4 aromatic carbocycles. The van der Waals surface area contributed by atoms with Crippen molar-refractivity contribution in [1.29, 1.82) is 0 Å². The summed E-state index contributed by atoms with van der Waals surface area (Å²) in [5, 5.41) is 11.6. The van der Waals surface area contributed by atoms with E-state index in [1.54, 1.807) is 14.2 Å². The van der Waals surface area contributed by atoms with Crippen LogP contribution in [0, 0.1) is 9.49 Å². The highest BCUT2D eigenvalue weighted by atomic mass is 127. The number of anilines is 1. The number of ether oxygens (including phenoxy) is 3. The van der Waals surface area contributed by atoms with Gasteiger partial charge in [-0.05, 0) is 93.7 Å². The summed E-state index contributed by atoms with van der Waals surface area (Å²) in [4.78, 5) is 33.4. The van der Waals surface area contributed by atoms with Crippen LogP contribution in [-0.4, -0.2) is 62.9 Å². The van der Waals surface area contributed by atoms with E-state index in [0.29, 0.717) is 25.3 Å². The first-order valence-electron chi connectivity index (χ1n) is 17.6. The third-order valence-electron chi connectivity index (χ3n) is 11.5. The molecule has 0 saturated carbocycles. The maximum absolute atomic E-state index is 15.2. The van der Waals surface area contributed by atoms with Crippen molar-refractivity contribution in [1.82, 2.24) is 4.90 Å². The van der Waals surface area contributed by atoms with Gasteiger partial charge in [-0.15, -0.1) is 0 Å². The fraction of sp³-hybridized carbons (Fsp3) is 0.366. The molecule has 2 amide bonds. The third-order valence-corrected chi connectivity index (χ3v) is 16.6. The molecule has 0 bridgehead atoms. The minimum absolute atomic E-state index is 0.0747. The van der Waals surface area contributed by atoms with Gasteiger partial charge in [-0.1, -0.05) is 73.7 Å². The first kappa shape index (κ1) is 35.7. The van der Waals surface area contributed by atoms with Gasteiger partial charge >= 0.3 is 0 Å². The molecule has 8 nitrogen and oxygen atoms in total. The van der Waals surface area contributed by atoms with Crippen LogP contribution in [0.1, 0.15) is 35.6 Å². The Morgan fingerprint density at radius 2 is 1.67 bits per heavy atom. The van der Waals surface area contributed by atoms with E-state index in [1.807, 2.05) is 70.5 Å². The van der Waals surface area contributed by atoms with Crippen LogP contribution in [0.15, 0.2) is 91.0 Å². The lowest BCUT2D eigenvalue weighted by Crippen LogP contribution is -2.52. The molecule has 1 fully saturated rings. The monoisotopic (exact) mass is 816 g/mol. The van der Waals surface area contributed by atoms with Gasteiger partial charge in [0.05, 0.1) is 59.7 Å². The number of benzene rings is 4. The van der Waals surface area contributed by atoms with E-state index in [1.165, 1.54) is 5.19 Å². The number of nitrogens with zero attached hydrogens (tertiary/aromatic N) is 2. The van der Waals surface area contributed by atoms with Gasteiger partial charge in [0.1, 0.15) is 11.5 Å². The van der Waals surface area contributed by atoms with Gasteiger partial charge < -0.3 is 29.1 Å². The van der Waals surface area contributed by atoms with Crippen LogP contribution in [0.3, 0.4) is 0 Å². The second-order valence-corrected chi connectivity index (χ2v) is 20.5. The summed E-state index contributed by atoms with van der Waals surface area (Å²) in [6, 6.07) is 30.0. The lowest BCUT2D eigenvalue weighted by molar-refractivity contribution is -0.151. The predicted octanol–water partition coefficient (Wildman–Crippen LogP) is 6.41. The molecule has 0 aromatic heterocycles. The zero-order chi connectivity index (χ0) is 36.1. The van der Waals surface area contributed by atoms with E-state index >= 15 is 4.79 Å². The van der Waals surface area contributed by atoms with E-state index in [2.05, 4.69) is 72.9 Å². The number of amides is 2. The summed E-state index contributed by atoms with van der Waals surface area (Å²) in [6.45, 7) is 7.47. The molecule has 4 aromatic rings. The number of methoxy groups -OCH3 is 2. The smallest absolute Gasteiger partial charge is 0.264 e. The van der Waals surface area contributed by atoms with Crippen LogP contribution in [0.5, 0.6) is 11.5 Å². The molecule has 0 unspecified atom stereocenters. The quantitative estimate of drug-likeness (QED) is 0.155. The number of halogens is 1. The Hall–Kier alpha value is -3.71. The number of fused-ring (bicyclic) bond motifs is 3. The van der Waals surface area contributed by atoms with Crippen molar-refractivity contribution in [2.24, 2.45) is 5.92 Å². The minimum atomic E-state index is -2.48. The van der Waals surface area contributed by atoms with Crippen molar-refractivity contribution in [3.63, 3.8) is 0 Å². The molecule has 7 rings (SSSR count). The Labute approximate surface area is 314 Å². The summed E-state index contributed by atoms with van der Waals surface area (Å²) in [6.07, 6.45) is 0.151. The molecule has 3 heterocycles. The van der Waals surface area contributed by atoms with Gasteiger partial charge in [0.2, 0.25) is 5.91 Å². The van der Waals surface area contributed by atoms with Crippen molar-refractivity contribution >= 4 is 53.4 Å². The van der Waals surface area contributed by atoms with E-state index in [-0.39, 0.29) is 42.3 Å². The molecule has 266 valence electrons. The lowest BCUT2D eigenvalue weighted by atomic mass is 9.82. The fourth-order valence-corrected chi connectivity index (χ4v) is 13.5. The zero-order valence-corrected chi connectivity index (χ0v) is 32.9. The topological polar surface area (TPSA) is 88.5 Å². The summed E-state index contributed by atoms with van der Waals surface area (Å²) in [5.41, 5.74) is 3.43. The largest absolute Gasteiger partial charge is 0.497 e. The van der Waals surface area contributed by atoms with E-state index < -0.39 is 19.8 Å². The molecule has 1 N–H and O–H groups in total. The maximum atomic E-state index is 15.2. The Morgan fingerprint density at radius 3 is 2.35 bits per heavy atom. The van der Waals surface area contributed by atoms with Crippen molar-refractivity contribution in [2.45, 2.75) is 69.2 Å². The van der Waals surface area contributed by atoms with Gasteiger partial charge in [-0.25, -0.2) is 0 Å². The van der Waals surface area contributed by atoms with Gasteiger partial charge in [0.15, 0.2) is 5.60 Å². The Balaban J connectivity index is 1.32. The molecule has 5 atom stereocenters. The molecule has 10 heteroatoms. The Kier molecular flexibility index (Phi) is 9.81. The zero-order valence-electron chi connectivity index (χ0n) is 29.8. The molecule has 1 saturated heterocycles. The molecule has 0 radical (unpaired) electrons. The van der Waals surface area contributed by atoms with Crippen LogP contribution in [0.2, 0.25) is 18.6 Å². The number of aliphatic hydroxyl groups excluding tert-OH is 1. The highest BCUT2D eigenvalue weighted by molar-refractivity contribution is 14.1. The molecular formula is C41H45IN2O6Si. The number of hydrogen-bond donors (Lipinski definition) is 1. The van der Waals surface area contributed by atoms with Crippen LogP contribution >= 0.6 is 22.6 Å². The average Bonchev–Trinajstić information content (AvgIpc) is 3.56. The van der Waals surface area contributed by atoms with Crippen LogP contribution < -0.4 is 19.6 Å². The van der Waals surface area contributed by atoms with Crippen molar-refractivity contribution in [3.05, 3.63) is 117 Å². The van der Waals surface area contributed by atoms with Gasteiger partial charge in [0.25, 0.3) is 5.91 Å². The fourth-order valence-electron chi connectivity index (χ4n) is 8.93. The van der Waals surface area contributed by atoms with Crippen LogP contribution in [-0.2, 0) is 39.4 Å². The summed E-state index contributed by atoms with van der Waals surface area (Å²) in [5.74, 6) is 0.967. The van der Waals surface area contributed by atoms with Crippen molar-refractivity contribution in [2.75, 3.05) is 25.7 Å². The molecular weight excluding hydrogens is 771 g/mol. The maximum Gasteiger partial charge on any atom is 0.264 e. The summed E-state index contributed by atoms with van der Waals surface area (Å²) < 4.78 is 19.6. The summed E-state index contributed by atoms with van der Waals surface area (Å²) >= 11 is 2.30. The highest BCUT2D eigenvalue weighted by Crippen LogP contribution is 2.60. The van der Waals surface area contributed by atoms with E-state index in [0.717, 1.165) is 37.3 Å². The molecule has 3 aliphatic rings. The van der Waals surface area contributed by atoms with E-state index in [9.17, 15) is 9.90 Å². The van der Waals surface area contributed by atoms with Crippen LogP contribution in [0.4, 0.5) is 5.69 Å². The molecule has 0 aliphatic carbocycles. The first-order valence-corrected chi connectivity index (χ1v) is 21.7. The SMILES string of the molecule is COc1ccc([Si](C)(C)[C@@H]2[C@@H](CC(=O)N3Cc4ccccc4C[C@H]3CO)O[C@]3(C(=O)N(Cc4cccc(I)c4)c4ccc(OC)cc43)[C@H]2C)cc1. The number of rotatable bonds is 9. The molecule has 1 spiro atoms. The molecule has 3 aliphatic heterocycles. The Morgan fingerprint density at radius 1 is 0.961 bits per heavy atom. The van der Waals surface area contributed by atoms with Gasteiger partial charge in [-0.2, -0.15) is 0 Å². The normalized spacial score (nSPS) is 24.1. The van der Waals surface area contributed by atoms with Crippen molar-refractivity contribution in [3.8, 4) is 11.5 Å². The van der Waals surface area contributed by atoms with Crippen LogP contribution in [0.25, 0.3) is 0 Å². The van der Waals surface area contributed by atoms with Crippen molar-refractivity contribution < 1.29 is 28.9 Å². The third kappa shape index (κ3) is 6.17. The predicted molar refractivity (Wildman–Crippen MR) is 209 cm³/mol. The summed E-state index contributed by atoms with van der Waals surface area (Å²) in [7, 11) is 0.811. The first-order chi connectivity index (χ1) is 24.5. The number of carbonyl (C=O) groups excluding carboxylic acids is 2. The molecule has 51 heavy (non-hydrogen) atoms. The lowest BCUT2D eigenvalue weighted by Gasteiger charge is -2.39. The Bertz CT molecular complexity index is 1950. The van der Waals surface area contributed by atoms with Gasteiger partial charge in [0, 0.05) is 21.6 Å². The minimum Gasteiger partial charge on any atom is -0.497 e. The number of carbonyl (C=O) groups is 2. The second kappa shape index (κ2) is 14.0. The average molecular weight is 817 g/mol. The standard InChI is InChI=1S/C41H45IN2O6Si/c1-26-39(51(4,5)34-16-13-32(48-2)14-17-34)37(22-38(46)43-24-29-11-7-6-10-28(29)20-31(43)25-45)50-41(26)35-21-33(49-3)15-18-36(35)44(40(41)47)23-27-9-8-12-30(42)19-27/h6-19,21,26,31,37,39,45H,20,22-25H2,1-5H3/t26-,31-,37+,39-,41+/m0/s1.